The molecular formula is C27H28BrN3O2. The molecule has 4 rings (SSSR count). The minimum Gasteiger partial charge on any atom is -0.366 e. The Morgan fingerprint density at radius 1 is 0.970 bits per heavy atom. The second kappa shape index (κ2) is 10.2. The molecule has 2 N–H and O–H groups in total. The quantitative estimate of drug-likeness (QED) is 0.445. The number of hydrogen-bond acceptors (Lipinski definition) is 3. The van der Waals surface area contributed by atoms with E-state index in [2.05, 4.69) is 55.7 Å². The van der Waals surface area contributed by atoms with Crippen LogP contribution in [0.25, 0.3) is 0 Å². The molecule has 1 aliphatic rings. The number of nitrogens with zero attached hydrogens (tertiary/aromatic N) is 1. The lowest BCUT2D eigenvalue weighted by molar-refractivity contribution is 0.0938. The normalized spacial score (nSPS) is 13.7. The molecule has 3 aromatic rings. The van der Waals surface area contributed by atoms with Crippen molar-refractivity contribution in [3.63, 3.8) is 0 Å². The maximum Gasteiger partial charge on any atom is 0.256 e. The van der Waals surface area contributed by atoms with Crippen molar-refractivity contribution in [1.29, 1.82) is 0 Å². The zero-order chi connectivity index (χ0) is 23.4. The Morgan fingerprint density at radius 3 is 2.45 bits per heavy atom. The van der Waals surface area contributed by atoms with Crippen LogP contribution in [0, 0.1) is 0 Å². The number of carbonyl (C=O) groups is 2. The minimum absolute atomic E-state index is 0.0611. The van der Waals surface area contributed by atoms with Crippen LogP contribution in [0.15, 0.2) is 71.2 Å². The van der Waals surface area contributed by atoms with Crippen molar-refractivity contribution in [1.82, 2.24) is 5.32 Å². The summed E-state index contributed by atoms with van der Waals surface area (Å²) in [7, 11) is 0. The van der Waals surface area contributed by atoms with Gasteiger partial charge in [-0.2, -0.15) is 0 Å². The van der Waals surface area contributed by atoms with Gasteiger partial charge in [-0.1, -0.05) is 43.3 Å². The van der Waals surface area contributed by atoms with Gasteiger partial charge in [-0.05, 0) is 77.2 Å². The van der Waals surface area contributed by atoms with Gasteiger partial charge in [0.1, 0.15) is 0 Å². The van der Waals surface area contributed by atoms with E-state index in [1.165, 1.54) is 11.1 Å². The van der Waals surface area contributed by atoms with Gasteiger partial charge in [0.05, 0.1) is 11.1 Å². The maximum absolute atomic E-state index is 13.2. The summed E-state index contributed by atoms with van der Waals surface area (Å²) < 4.78 is 0.723. The van der Waals surface area contributed by atoms with Gasteiger partial charge in [0.15, 0.2) is 0 Å². The molecule has 1 atom stereocenters. The van der Waals surface area contributed by atoms with Crippen molar-refractivity contribution in [3.05, 3.63) is 93.5 Å². The molecular weight excluding hydrogens is 478 g/mol. The van der Waals surface area contributed by atoms with E-state index >= 15 is 0 Å². The number of nitrogens with one attached hydrogen (secondary N) is 2. The molecule has 0 saturated carbocycles. The van der Waals surface area contributed by atoms with E-state index < -0.39 is 0 Å². The number of hydrogen-bond donors (Lipinski definition) is 2. The zero-order valence-electron chi connectivity index (χ0n) is 18.9. The van der Waals surface area contributed by atoms with Crippen LogP contribution in [0.1, 0.15) is 52.1 Å². The van der Waals surface area contributed by atoms with Gasteiger partial charge in [-0.25, -0.2) is 0 Å². The topological polar surface area (TPSA) is 61.4 Å². The first kappa shape index (κ1) is 23.1. The summed E-state index contributed by atoms with van der Waals surface area (Å²) in [4.78, 5) is 28.3. The van der Waals surface area contributed by atoms with E-state index in [1.54, 1.807) is 12.1 Å². The first-order valence-electron chi connectivity index (χ1n) is 11.3. The van der Waals surface area contributed by atoms with Crippen LogP contribution in [0.5, 0.6) is 0 Å². The first-order chi connectivity index (χ1) is 16.0. The van der Waals surface area contributed by atoms with Crippen LogP contribution in [-0.2, 0) is 13.0 Å². The minimum atomic E-state index is -0.226. The molecule has 1 unspecified atom stereocenters. The lowest BCUT2D eigenvalue weighted by atomic mass is 9.98. The van der Waals surface area contributed by atoms with Crippen LogP contribution in [0.2, 0.25) is 0 Å². The average Bonchev–Trinajstić information content (AvgIpc) is 2.83. The summed E-state index contributed by atoms with van der Waals surface area (Å²) in [5.41, 5.74) is 5.22. The van der Waals surface area contributed by atoms with E-state index in [4.69, 9.17) is 0 Å². The molecule has 0 spiro atoms. The van der Waals surface area contributed by atoms with Crippen LogP contribution in [-0.4, -0.2) is 24.4 Å². The molecule has 33 heavy (non-hydrogen) atoms. The average molecular weight is 506 g/mol. The number of fused-ring (bicyclic) bond motifs is 1. The highest BCUT2D eigenvalue weighted by molar-refractivity contribution is 9.10. The first-order valence-corrected chi connectivity index (χ1v) is 12.1. The number of amides is 2. The highest BCUT2D eigenvalue weighted by Gasteiger charge is 2.23. The molecule has 1 heterocycles. The molecule has 1 aliphatic heterocycles. The number of benzene rings is 3. The van der Waals surface area contributed by atoms with Gasteiger partial charge >= 0.3 is 0 Å². The van der Waals surface area contributed by atoms with E-state index in [-0.39, 0.29) is 17.9 Å². The summed E-state index contributed by atoms with van der Waals surface area (Å²) in [6, 6.07) is 21.4. The van der Waals surface area contributed by atoms with Crippen LogP contribution in [0.3, 0.4) is 0 Å². The SMILES string of the molecule is CCC(C)NC(=O)c1cc(NC(=O)c2ccccc2Br)ccc1N1CCc2ccccc2C1. The lowest BCUT2D eigenvalue weighted by Crippen LogP contribution is -2.35. The molecule has 5 nitrogen and oxygen atoms in total. The Hall–Kier alpha value is -3.12. The second-order valence-corrected chi connectivity index (χ2v) is 9.24. The number of rotatable bonds is 6. The Labute approximate surface area is 203 Å². The fraction of sp³-hybridized carbons (Fsp3) is 0.259. The zero-order valence-corrected chi connectivity index (χ0v) is 20.5. The molecule has 170 valence electrons. The van der Waals surface area contributed by atoms with Gasteiger partial charge in [0.25, 0.3) is 11.8 Å². The van der Waals surface area contributed by atoms with Crippen LogP contribution in [0.4, 0.5) is 11.4 Å². The highest BCUT2D eigenvalue weighted by atomic mass is 79.9. The maximum atomic E-state index is 13.2. The van der Waals surface area contributed by atoms with Gasteiger partial charge < -0.3 is 15.5 Å². The van der Waals surface area contributed by atoms with Crippen molar-refractivity contribution in [3.8, 4) is 0 Å². The molecule has 0 bridgehead atoms. The molecule has 2 amide bonds. The summed E-state index contributed by atoms with van der Waals surface area (Å²) >= 11 is 3.43. The summed E-state index contributed by atoms with van der Waals surface area (Å²) in [6.45, 7) is 5.63. The number of anilines is 2. The van der Waals surface area contributed by atoms with Crippen molar-refractivity contribution >= 4 is 39.1 Å². The molecule has 0 aliphatic carbocycles. The van der Waals surface area contributed by atoms with Gasteiger partial charge in [0.2, 0.25) is 0 Å². The molecule has 3 aromatic carbocycles. The summed E-state index contributed by atoms with van der Waals surface area (Å²) in [5.74, 6) is -0.356. The van der Waals surface area contributed by atoms with Crippen LogP contribution >= 0.6 is 15.9 Å². The highest BCUT2D eigenvalue weighted by Crippen LogP contribution is 2.30. The molecule has 0 saturated heterocycles. The van der Waals surface area contributed by atoms with Crippen molar-refractivity contribution in [2.45, 2.75) is 39.3 Å². The monoisotopic (exact) mass is 505 g/mol. The van der Waals surface area contributed by atoms with E-state index in [9.17, 15) is 9.59 Å². The molecule has 6 heteroatoms. The van der Waals surface area contributed by atoms with Crippen molar-refractivity contribution in [2.24, 2.45) is 0 Å². The van der Waals surface area contributed by atoms with E-state index in [0.717, 1.165) is 36.1 Å². The third kappa shape index (κ3) is 5.28. The predicted molar refractivity (Wildman–Crippen MR) is 137 cm³/mol. The Balaban J connectivity index is 1.64. The summed E-state index contributed by atoms with van der Waals surface area (Å²) in [6.07, 6.45) is 1.78. The Morgan fingerprint density at radius 2 is 1.70 bits per heavy atom. The Bertz CT molecular complexity index is 1180. The predicted octanol–water partition coefficient (Wildman–Crippen LogP) is 5.79. The van der Waals surface area contributed by atoms with E-state index in [1.807, 2.05) is 44.2 Å². The largest absolute Gasteiger partial charge is 0.366 e. The van der Waals surface area contributed by atoms with Crippen LogP contribution < -0.4 is 15.5 Å². The van der Waals surface area contributed by atoms with Crippen molar-refractivity contribution in [2.75, 3.05) is 16.8 Å². The summed E-state index contributed by atoms with van der Waals surface area (Å²) in [5, 5.41) is 6.02. The number of halogens is 1. The van der Waals surface area contributed by atoms with Gasteiger partial charge in [-0.15, -0.1) is 0 Å². The molecule has 0 radical (unpaired) electrons. The van der Waals surface area contributed by atoms with Crippen molar-refractivity contribution < 1.29 is 9.59 Å². The third-order valence-electron chi connectivity index (χ3n) is 6.08. The molecule has 0 aromatic heterocycles. The second-order valence-electron chi connectivity index (χ2n) is 8.39. The third-order valence-corrected chi connectivity index (χ3v) is 6.77. The molecule has 0 fully saturated rings. The Kier molecular flexibility index (Phi) is 7.14. The standard InChI is InChI=1S/C27H28BrN3O2/c1-3-18(2)29-27(33)23-16-21(30-26(32)22-10-6-7-11-24(22)28)12-13-25(23)31-15-14-19-8-4-5-9-20(19)17-31/h4-13,16,18H,3,14-15,17H2,1-2H3,(H,29,33)(H,30,32). The number of carbonyl (C=O) groups excluding carboxylic acids is 2. The van der Waals surface area contributed by atoms with Gasteiger partial charge in [0, 0.05) is 35.0 Å². The fourth-order valence-corrected chi connectivity index (χ4v) is 4.48. The lowest BCUT2D eigenvalue weighted by Gasteiger charge is -2.32. The fourth-order valence-electron chi connectivity index (χ4n) is 4.02. The van der Waals surface area contributed by atoms with Gasteiger partial charge in [-0.3, -0.25) is 9.59 Å². The smallest absolute Gasteiger partial charge is 0.256 e. The van der Waals surface area contributed by atoms with E-state index in [0.29, 0.717) is 16.8 Å².